The third kappa shape index (κ3) is 13.5. The van der Waals surface area contributed by atoms with Crippen molar-refractivity contribution in [3.05, 3.63) is 101 Å². The summed E-state index contributed by atoms with van der Waals surface area (Å²) in [4.78, 5) is 0. The number of benzene rings is 2. The van der Waals surface area contributed by atoms with Crippen LogP contribution in [0.5, 0.6) is 5.75 Å². The van der Waals surface area contributed by atoms with Gasteiger partial charge in [-0.3, -0.25) is 0 Å². The van der Waals surface area contributed by atoms with Gasteiger partial charge in [-0.25, -0.2) is 0 Å². The molecule has 2 rings (SSSR count). The highest BCUT2D eigenvalue weighted by atomic mass is 16.5. The van der Waals surface area contributed by atoms with E-state index in [-0.39, 0.29) is 5.41 Å². The number of aryl methyl sites for hydroxylation is 1. The third-order valence-electron chi connectivity index (χ3n) is 5.62. The van der Waals surface area contributed by atoms with Gasteiger partial charge in [-0.1, -0.05) is 113 Å². The number of hydrogen-bond acceptors (Lipinski definition) is 2. The van der Waals surface area contributed by atoms with E-state index < -0.39 is 0 Å². The van der Waals surface area contributed by atoms with E-state index in [0.717, 1.165) is 18.6 Å². The molecule has 202 valence electrons. The predicted octanol–water partition coefficient (Wildman–Crippen LogP) is 10.3. The van der Waals surface area contributed by atoms with Crippen molar-refractivity contribution in [2.45, 2.75) is 87.5 Å². The lowest BCUT2D eigenvalue weighted by atomic mass is 9.74. The molecule has 1 unspecified atom stereocenters. The molecule has 0 aliphatic rings. The molecule has 0 amide bonds. The lowest BCUT2D eigenvalue weighted by Crippen LogP contribution is -2.31. The maximum atomic E-state index is 6.13. The molecule has 1 atom stereocenters. The van der Waals surface area contributed by atoms with Crippen molar-refractivity contribution in [3.8, 4) is 5.75 Å². The minimum Gasteiger partial charge on any atom is -0.497 e. The molecule has 0 saturated carbocycles. The van der Waals surface area contributed by atoms with Crippen molar-refractivity contribution >= 4 is 0 Å². The molecule has 0 heterocycles. The smallest absolute Gasteiger partial charge is 0.119 e. The summed E-state index contributed by atoms with van der Waals surface area (Å²) in [6.45, 7) is 22.2. The summed E-state index contributed by atoms with van der Waals surface area (Å²) in [6.07, 6.45) is 10.8. The van der Waals surface area contributed by atoms with E-state index in [4.69, 9.17) is 9.47 Å². The van der Waals surface area contributed by atoms with Crippen LogP contribution in [-0.4, -0.2) is 20.3 Å². The van der Waals surface area contributed by atoms with E-state index in [1.165, 1.54) is 22.3 Å². The second-order valence-corrected chi connectivity index (χ2v) is 8.14. The molecule has 0 saturated heterocycles. The Labute approximate surface area is 224 Å². The molecular formula is C34H54O2. The quantitative estimate of drug-likeness (QED) is 0.241. The Morgan fingerprint density at radius 3 is 1.97 bits per heavy atom. The molecule has 0 N–H and O–H groups in total. The van der Waals surface area contributed by atoms with Crippen LogP contribution in [0.25, 0.3) is 0 Å². The Morgan fingerprint density at radius 1 is 0.889 bits per heavy atom. The Balaban J connectivity index is 0. The maximum absolute atomic E-state index is 6.13. The van der Waals surface area contributed by atoms with Crippen molar-refractivity contribution in [1.82, 2.24) is 0 Å². The van der Waals surface area contributed by atoms with Crippen LogP contribution in [0, 0.1) is 6.92 Å². The Morgan fingerprint density at radius 2 is 1.53 bits per heavy atom. The summed E-state index contributed by atoms with van der Waals surface area (Å²) in [7, 11) is 1.68. The fourth-order valence-corrected chi connectivity index (χ4v) is 3.73. The molecule has 2 nitrogen and oxygen atoms in total. The van der Waals surface area contributed by atoms with Crippen LogP contribution in [0.15, 0.2) is 90.0 Å². The van der Waals surface area contributed by atoms with Crippen molar-refractivity contribution in [2.75, 3.05) is 20.3 Å². The average molecular weight is 495 g/mol. The first kappa shape index (κ1) is 35.6. The van der Waals surface area contributed by atoms with Crippen LogP contribution in [0.4, 0.5) is 0 Å². The molecule has 0 aliphatic carbocycles. The molecule has 0 aliphatic heterocycles. The van der Waals surface area contributed by atoms with E-state index in [2.05, 4.69) is 82.3 Å². The Kier molecular flexibility index (Phi) is 22.6. The second kappa shape index (κ2) is 22.9. The summed E-state index contributed by atoms with van der Waals surface area (Å²) in [6, 6.07) is 18.7. The van der Waals surface area contributed by atoms with Crippen LogP contribution in [0.1, 0.15) is 86.3 Å². The summed E-state index contributed by atoms with van der Waals surface area (Å²) < 4.78 is 11.1. The van der Waals surface area contributed by atoms with Crippen LogP contribution >= 0.6 is 0 Å². The summed E-state index contributed by atoms with van der Waals surface area (Å²) in [5.74, 6) is 0.926. The zero-order chi connectivity index (χ0) is 27.8. The molecule has 36 heavy (non-hydrogen) atoms. The van der Waals surface area contributed by atoms with Gasteiger partial charge in [0.1, 0.15) is 5.75 Å². The standard InChI is InChI=1S/C22H32O.C8H10O.2C2H6/c1-6-13-19(8-3)17-23-18-22(5,20(9-4)14-7-2)21-15-11-10-12-16-21;1-7-4-3-5-8(6-7)9-2;2*1-2/h6,8-13,15-16H,7,14,17-18H2,1-5H3;3-6H,1-2H3;2*1-2H3/b13-6-,19-8+,20-9+;;;. The lowest BCUT2D eigenvalue weighted by Gasteiger charge is -2.33. The minimum absolute atomic E-state index is 0.0687. The molecular weight excluding hydrogens is 440 g/mol. The molecule has 0 radical (unpaired) electrons. The number of rotatable bonds is 10. The SMILES string of the molecule is C/C=C\C(=C/C)COCC(C)(/C(=C/C)CCC)c1ccccc1.CC.CC.COc1cccc(C)c1. The lowest BCUT2D eigenvalue weighted by molar-refractivity contribution is 0.118. The molecule has 2 aromatic carbocycles. The van der Waals surface area contributed by atoms with Crippen molar-refractivity contribution in [3.63, 3.8) is 0 Å². The monoisotopic (exact) mass is 494 g/mol. The first-order chi connectivity index (χ1) is 17.4. The van der Waals surface area contributed by atoms with Gasteiger partial charge in [0.2, 0.25) is 0 Å². The van der Waals surface area contributed by atoms with Crippen LogP contribution in [0.2, 0.25) is 0 Å². The van der Waals surface area contributed by atoms with Crippen molar-refractivity contribution in [1.29, 1.82) is 0 Å². The fourth-order valence-electron chi connectivity index (χ4n) is 3.73. The largest absolute Gasteiger partial charge is 0.497 e. The highest BCUT2D eigenvalue weighted by Gasteiger charge is 2.30. The van der Waals surface area contributed by atoms with Gasteiger partial charge >= 0.3 is 0 Å². The predicted molar refractivity (Wildman–Crippen MR) is 162 cm³/mol. The van der Waals surface area contributed by atoms with Gasteiger partial charge in [0.25, 0.3) is 0 Å². The number of allylic oxidation sites excluding steroid dienone is 3. The van der Waals surface area contributed by atoms with Crippen molar-refractivity contribution < 1.29 is 9.47 Å². The molecule has 0 fully saturated rings. The molecule has 0 spiro atoms. The number of hydrogen-bond donors (Lipinski definition) is 0. The highest BCUT2D eigenvalue weighted by Crippen LogP contribution is 2.35. The third-order valence-corrected chi connectivity index (χ3v) is 5.62. The highest BCUT2D eigenvalue weighted by molar-refractivity contribution is 5.36. The van der Waals surface area contributed by atoms with Gasteiger partial charge in [0, 0.05) is 5.41 Å². The van der Waals surface area contributed by atoms with Crippen LogP contribution in [-0.2, 0) is 10.2 Å². The van der Waals surface area contributed by atoms with E-state index in [1.807, 2.05) is 65.8 Å². The van der Waals surface area contributed by atoms with Crippen LogP contribution in [0.3, 0.4) is 0 Å². The average Bonchev–Trinajstić information content (AvgIpc) is 2.94. The minimum atomic E-state index is -0.0687. The van der Waals surface area contributed by atoms with Gasteiger partial charge in [-0.05, 0) is 69.9 Å². The van der Waals surface area contributed by atoms with Gasteiger partial charge in [0.05, 0.1) is 20.3 Å². The van der Waals surface area contributed by atoms with Gasteiger partial charge in [-0.2, -0.15) is 0 Å². The van der Waals surface area contributed by atoms with E-state index >= 15 is 0 Å². The van der Waals surface area contributed by atoms with E-state index in [9.17, 15) is 0 Å². The number of methoxy groups -OCH3 is 1. The fraction of sp³-hybridized carbons (Fsp3) is 0.471. The molecule has 2 heteroatoms. The summed E-state index contributed by atoms with van der Waals surface area (Å²) in [5.41, 5.74) is 5.17. The normalized spacial score (nSPS) is 12.8. The Bertz CT molecular complexity index is 862. The first-order valence-electron chi connectivity index (χ1n) is 13.6. The number of ether oxygens (including phenoxy) is 2. The summed E-state index contributed by atoms with van der Waals surface area (Å²) >= 11 is 0. The molecule has 0 aromatic heterocycles. The second-order valence-electron chi connectivity index (χ2n) is 8.14. The topological polar surface area (TPSA) is 18.5 Å². The van der Waals surface area contributed by atoms with Gasteiger partial charge in [-0.15, -0.1) is 0 Å². The van der Waals surface area contributed by atoms with Gasteiger partial charge in [0.15, 0.2) is 0 Å². The molecule has 2 aromatic rings. The van der Waals surface area contributed by atoms with Crippen LogP contribution < -0.4 is 4.74 Å². The summed E-state index contributed by atoms with van der Waals surface area (Å²) in [5, 5.41) is 0. The zero-order valence-electron chi connectivity index (χ0n) is 25.2. The molecule has 0 bridgehead atoms. The van der Waals surface area contributed by atoms with Gasteiger partial charge < -0.3 is 9.47 Å². The first-order valence-corrected chi connectivity index (χ1v) is 13.6. The van der Waals surface area contributed by atoms with E-state index in [1.54, 1.807) is 7.11 Å². The zero-order valence-corrected chi connectivity index (χ0v) is 25.2. The van der Waals surface area contributed by atoms with Crippen molar-refractivity contribution in [2.24, 2.45) is 0 Å². The maximum Gasteiger partial charge on any atom is 0.119 e. The van der Waals surface area contributed by atoms with E-state index in [0.29, 0.717) is 13.2 Å². The Hall–Kier alpha value is -2.58.